The highest BCUT2D eigenvalue weighted by atomic mass is 16.5. The van der Waals surface area contributed by atoms with Crippen LogP contribution in [0.2, 0.25) is 0 Å². The van der Waals surface area contributed by atoms with Crippen molar-refractivity contribution in [3.05, 3.63) is 59.8 Å². The smallest absolute Gasteiger partial charge is 0.251 e. The van der Waals surface area contributed by atoms with E-state index in [9.17, 15) is 9.90 Å². The van der Waals surface area contributed by atoms with E-state index in [1.165, 1.54) is 6.33 Å². The number of hydrogen-bond donors (Lipinski definition) is 2. The minimum Gasteiger partial charge on any atom is -0.394 e. The van der Waals surface area contributed by atoms with Crippen molar-refractivity contribution in [2.24, 2.45) is 0 Å². The largest absolute Gasteiger partial charge is 0.394 e. The Morgan fingerprint density at radius 1 is 1.27 bits per heavy atom. The molecule has 0 aliphatic heterocycles. The highest BCUT2D eigenvalue weighted by Crippen LogP contribution is 2.24. The van der Waals surface area contributed by atoms with E-state index in [1.807, 2.05) is 32.0 Å². The molecule has 158 valence electrons. The fourth-order valence-corrected chi connectivity index (χ4v) is 2.96. The van der Waals surface area contributed by atoms with Gasteiger partial charge in [0.15, 0.2) is 0 Å². The van der Waals surface area contributed by atoms with Gasteiger partial charge < -0.3 is 15.2 Å². The van der Waals surface area contributed by atoms with E-state index in [2.05, 4.69) is 20.4 Å². The number of carbonyl (C=O) groups is 1. The molecule has 1 atom stereocenters. The molecule has 0 aliphatic rings. The number of nitrogens with one attached hydrogen (secondary N) is 1. The third-order valence-corrected chi connectivity index (χ3v) is 4.58. The van der Waals surface area contributed by atoms with Crippen molar-refractivity contribution in [2.45, 2.75) is 33.2 Å². The average molecular weight is 409 g/mol. The first-order chi connectivity index (χ1) is 14.5. The van der Waals surface area contributed by atoms with Crippen molar-refractivity contribution in [2.75, 3.05) is 19.8 Å². The molecule has 0 aliphatic carbocycles. The van der Waals surface area contributed by atoms with Crippen LogP contribution < -0.4 is 5.32 Å². The zero-order chi connectivity index (χ0) is 21.5. The molecule has 2 aromatic heterocycles. The van der Waals surface area contributed by atoms with Gasteiger partial charge in [-0.15, -0.1) is 0 Å². The summed E-state index contributed by atoms with van der Waals surface area (Å²) in [7, 11) is 0. The van der Waals surface area contributed by atoms with E-state index in [1.54, 1.807) is 29.9 Å². The van der Waals surface area contributed by atoms with Gasteiger partial charge in [-0.05, 0) is 50.6 Å². The molecule has 8 nitrogen and oxygen atoms in total. The second-order valence-electron chi connectivity index (χ2n) is 7.08. The zero-order valence-electron chi connectivity index (χ0n) is 17.5. The van der Waals surface area contributed by atoms with Crippen LogP contribution in [-0.4, -0.2) is 56.6 Å². The number of benzene rings is 1. The predicted molar refractivity (Wildman–Crippen MR) is 114 cm³/mol. The van der Waals surface area contributed by atoms with Crippen molar-refractivity contribution in [3.63, 3.8) is 0 Å². The minimum atomic E-state index is -0.352. The van der Waals surface area contributed by atoms with Crippen molar-refractivity contribution >= 4 is 5.91 Å². The van der Waals surface area contributed by atoms with Gasteiger partial charge in [0.25, 0.3) is 5.91 Å². The van der Waals surface area contributed by atoms with Crippen LogP contribution in [0, 0.1) is 6.92 Å². The molecule has 30 heavy (non-hydrogen) atoms. The van der Waals surface area contributed by atoms with E-state index in [-0.39, 0.29) is 18.6 Å². The second kappa shape index (κ2) is 10.1. The Bertz CT molecular complexity index is 985. The second-order valence-corrected chi connectivity index (χ2v) is 7.08. The van der Waals surface area contributed by atoms with Crippen molar-refractivity contribution < 1.29 is 14.6 Å². The topological polar surface area (TPSA) is 102 Å². The summed E-state index contributed by atoms with van der Waals surface area (Å²) in [5.74, 6) is 0.468. The first kappa shape index (κ1) is 21.6. The minimum absolute atomic E-state index is 0.136. The monoisotopic (exact) mass is 409 g/mol. The van der Waals surface area contributed by atoms with Gasteiger partial charge >= 0.3 is 0 Å². The van der Waals surface area contributed by atoms with Gasteiger partial charge in [-0.3, -0.25) is 9.78 Å². The lowest BCUT2D eigenvalue weighted by Crippen LogP contribution is -2.35. The van der Waals surface area contributed by atoms with Crippen LogP contribution in [-0.2, 0) is 11.2 Å². The SMILES string of the molecule is CCOCCc1ncnn1-c1cc(C(=O)NC(C)CO)cc(-c2ccc(C)cn2)c1. The van der Waals surface area contributed by atoms with Crippen LogP contribution in [0.5, 0.6) is 0 Å². The molecule has 0 bridgehead atoms. The molecule has 0 spiro atoms. The van der Waals surface area contributed by atoms with Gasteiger partial charge in [0.1, 0.15) is 12.2 Å². The molecule has 0 radical (unpaired) electrons. The number of aryl methyl sites for hydroxylation is 1. The fraction of sp³-hybridized carbons (Fsp3) is 0.364. The van der Waals surface area contributed by atoms with Gasteiger partial charge in [0, 0.05) is 36.4 Å². The van der Waals surface area contributed by atoms with E-state index in [4.69, 9.17) is 4.74 Å². The highest BCUT2D eigenvalue weighted by Gasteiger charge is 2.15. The molecule has 3 aromatic rings. The summed E-state index contributed by atoms with van der Waals surface area (Å²) >= 11 is 0. The summed E-state index contributed by atoms with van der Waals surface area (Å²) in [4.78, 5) is 21.6. The maximum atomic E-state index is 12.8. The molecule has 0 saturated carbocycles. The van der Waals surface area contributed by atoms with Crippen LogP contribution in [0.3, 0.4) is 0 Å². The quantitative estimate of drug-likeness (QED) is 0.526. The fourth-order valence-electron chi connectivity index (χ4n) is 2.96. The molecule has 8 heteroatoms. The molecular weight excluding hydrogens is 382 g/mol. The number of pyridine rings is 1. The number of ether oxygens (including phenoxy) is 1. The van der Waals surface area contributed by atoms with Gasteiger partial charge in [-0.25, -0.2) is 9.67 Å². The van der Waals surface area contributed by atoms with Gasteiger partial charge in [0.2, 0.25) is 0 Å². The maximum absolute atomic E-state index is 12.8. The maximum Gasteiger partial charge on any atom is 0.251 e. The van der Waals surface area contributed by atoms with Crippen molar-refractivity contribution in [1.82, 2.24) is 25.1 Å². The van der Waals surface area contributed by atoms with Crippen LogP contribution in [0.4, 0.5) is 0 Å². The number of nitrogens with zero attached hydrogens (tertiary/aromatic N) is 4. The average Bonchev–Trinajstić information content (AvgIpc) is 3.22. The van der Waals surface area contributed by atoms with Gasteiger partial charge in [-0.2, -0.15) is 5.10 Å². The van der Waals surface area contributed by atoms with Crippen LogP contribution in [0.1, 0.15) is 35.6 Å². The Morgan fingerprint density at radius 3 is 2.80 bits per heavy atom. The van der Waals surface area contributed by atoms with E-state index in [0.29, 0.717) is 30.9 Å². The van der Waals surface area contributed by atoms with Crippen LogP contribution in [0.15, 0.2) is 42.9 Å². The van der Waals surface area contributed by atoms with E-state index >= 15 is 0 Å². The van der Waals surface area contributed by atoms with Crippen LogP contribution in [0.25, 0.3) is 16.9 Å². The van der Waals surface area contributed by atoms with Gasteiger partial charge in [0.05, 0.1) is 24.6 Å². The van der Waals surface area contributed by atoms with Crippen molar-refractivity contribution in [1.29, 1.82) is 0 Å². The number of hydrogen-bond acceptors (Lipinski definition) is 6. The lowest BCUT2D eigenvalue weighted by Gasteiger charge is -2.14. The van der Waals surface area contributed by atoms with E-state index < -0.39 is 0 Å². The zero-order valence-corrected chi connectivity index (χ0v) is 17.5. The molecule has 0 saturated heterocycles. The number of aromatic nitrogens is 4. The predicted octanol–water partition coefficient (Wildman–Crippen LogP) is 2.33. The molecule has 2 heterocycles. The third kappa shape index (κ3) is 5.28. The molecular formula is C22H27N5O3. The number of aliphatic hydroxyl groups is 1. The summed E-state index contributed by atoms with van der Waals surface area (Å²) < 4.78 is 7.15. The lowest BCUT2D eigenvalue weighted by atomic mass is 10.0. The summed E-state index contributed by atoms with van der Waals surface area (Å²) in [6.45, 7) is 6.70. The van der Waals surface area contributed by atoms with Crippen LogP contribution >= 0.6 is 0 Å². The summed E-state index contributed by atoms with van der Waals surface area (Å²) in [6, 6.07) is 9.03. The van der Waals surface area contributed by atoms with E-state index in [0.717, 1.165) is 22.6 Å². The highest BCUT2D eigenvalue weighted by molar-refractivity contribution is 5.96. The normalized spacial score (nSPS) is 12.0. The van der Waals surface area contributed by atoms with Gasteiger partial charge in [-0.1, -0.05) is 6.07 Å². The number of carbonyl (C=O) groups excluding carboxylic acids is 1. The number of amides is 1. The molecule has 1 aromatic carbocycles. The molecule has 0 fully saturated rings. The Kier molecular flexibility index (Phi) is 7.26. The molecule has 3 rings (SSSR count). The standard InChI is InChI=1S/C22H27N5O3/c1-4-30-8-7-21-24-14-25-27(21)19-10-17(20-6-5-15(2)12-23-20)9-18(11-19)22(29)26-16(3)13-28/h5-6,9-12,14,16,28H,4,7-8,13H2,1-3H3,(H,26,29). The Balaban J connectivity index is 2.03. The lowest BCUT2D eigenvalue weighted by molar-refractivity contribution is 0.0922. The molecule has 1 unspecified atom stereocenters. The molecule has 1 amide bonds. The Labute approximate surface area is 175 Å². The molecule has 2 N–H and O–H groups in total. The Morgan fingerprint density at radius 2 is 2.10 bits per heavy atom. The van der Waals surface area contributed by atoms with Crippen molar-refractivity contribution in [3.8, 4) is 16.9 Å². The number of aliphatic hydroxyl groups excluding tert-OH is 1. The Hall–Kier alpha value is -3.10. The summed E-state index contributed by atoms with van der Waals surface area (Å²) in [5.41, 5.74) is 3.76. The first-order valence-corrected chi connectivity index (χ1v) is 9.98. The third-order valence-electron chi connectivity index (χ3n) is 4.58. The summed E-state index contributed by atoms with van der Waals surface area (Å²) in [5, 5.41) is 16.4. The first-order valence-electron chi connectivity index (χ1n) is 9.98. The number of rotatable bonds is 9. The summed E-state index contributed by atoms with van der Waals surface area (Å²) in [6.07, 6.45) is 3.88.